The van der Waals surface area contributed by atoms with Crippen LogP contribution < -0.4 is 16.0 Å². The molecular formula is C21H29N7OS2. The third-order valence-electron chi connectivity index (χ3n) is 4.57. The first kappa shape index (κ1) is 23.2. The van der Waals surface area contributed by atoms with E-state index in [4.69, 9.17) is 0 Å². The largest absolute Gasteiger partial charge is 0.361 e. The number of hydrogen-bond acceptors (Lipinski definition) is 9. The van der Waals surface area contributed by atoms with E-state index in [1.54, 1.807) is 23.1 Å². The molecule has 1 amide bonds. The number of fused-ring (bicyclic) bond motifs is 1. The summed E-state index contributed by atoms with van der Waals surface area (Å²) < 4.78 is 0.996. The second kappa shape index (κ2) is 11.3. The lowest BCUT2D eigenvalue weighted by molar-refractivity contribution is 0.0951. The van der Waals surface area contributed by atoms with Crippen molar-refractivity contribution < 1.29 is 4.79 Å². The number of likely N-dealkylation sites (N-methyl/N-ethyl adjacent to an activating group) is 1. The predicted molar refractivity (Wildman–Crippen MR) is 130 cm³/mol. The maximum atomic E-state index is 12.3. The van der Waals surface area contributed by atoms with Crippen molar-refractivity contribution >= 4 is 50.3 Å². The minimum Gasteiger partial charge on any atom is -0.361 e. The Morgan fingerprint density at radius 1 is 1.19 bits per heavy atom. The van der Waals surface area contributed by atoms with Gasteiger partial charge in [0, 0.05) is 49.0 Å². The Morgan fingerprint density at radius 2 is 1.94 bits per heavy atom. The van der Waals surface area contributed by atoms with Gasteiger partial charge in [0.05, 0.1) is 10.2 Å². The van der Waals surface area contributed by atoms with Crippen LogP contribution in [0.5, 0.6) is 0 Å². The average Bonchev–Trinajstić information content (AvgIpc) is 3.18. The van der Waals surface area contributed by atoms with Gasteiger partial charge in [0.25, 0.3) is 5.91 Å². The number of thiazole rings is 1. The predicted octanol–water partition coefficient (Wildman–Crippen LogP) is 3.26. The highest BCUT2D eigenvalue weighted by Crippen LogP contribution is 2.27. The third-order valence-corrected chi connectivity index (χ3v) is 6.23. The number of hydrogen-bond donors (Lipinski definition) is 3. The highest BCUT2D eigenvalue weighted by atomic mass is 32.2. The maximum Gasteiger partial charge on any atom is 0.251 e. The molecule has 1 atom stereocenters. The van der Waals surface area contributed by atoms with E-state index in [1.807, 2.05) is 55.8 Å². The van der Waals surface area contributed by atoms with Crippen LogP contribution in [0.1, 0.15) is 17.3 Å². The van der Waals surface area contributed by atoms with Gasteiger partial charge in [-0.25, -0.2) is 15.0 Å². The minimum absolute atomic E-state index is 0.0564. The van der Waals surface area contributed by atoms with E-state index in [9.17, 15) is 4.79 Å². The molecule has 8 nitrogen and oxygen atoms in total. The van der Waals surface area contributed by atoms with E-state index >= 15 is 0 Å². The molecule has 0 aliphatic carbocycles. The standard InChI is InChI=1S/C21H29N7OS2/c1-14(10-23-20-24-12-16(30-4)13-25-20)11-26-21-27-17-6-5-15(9-18(17)31-21)19(29)22-7-8-28(2)3/h5-6,9,12-14H,7-8,10-11H2,1-4H3,(H,22,29)(H,26,27)(H,23,24,25)/t14-/m0/s1. The van der Waals surface area contributed by atoms with Crippen molar-refractivity contribution in [2.45, 2.75) is 11.8 Å². The first-order chi connectivity index (χ1) is 14.9. The molecule has 10 heteroatoms. The number of thioether (sulfide) groups is 1. The second-order valence-corrected chi connectivity index (χ2v) is 9.48. The number of aromatic nitrogens is 3. The number of benzene rings is 1. The van der Waals surface area contributed by atoms with Gasteiger partial charge in [0.2, 0.25) is 5.95 Å². The molecule has 0 fully saturated rings. The molecular weight excluding hydrogens is 430 g/mol. The van der Waals surface area contributed by atoms with Crippen LogP contribution in [0.2, 0.25) is 0 Å². The second-order valence-electron chi connectivity index (χ2n) is 7.57. The quantitative estimate of drug-likeness (QED) is 0.376. The van der Waals surface area contributed by atoms with Crippen LogP contribution in [0.15, 0.2) is 35.5 Å². The summed E-state index contributed by atoms with van der Waals surface area (Å²) in [6.07, 6.45) is 5.64. The van der Waals surface area contributed by atoms with Gasteiger partial charge < -0.3 is 20.9 Å². The number of rotatable bonds is 11. The number of amides is 1. The summed E-state index contributed by atoms with van der Waals surface area (Å²) in [6.45, 7) is 5.12. The number of carbonyl (C=O) groups excluding carboxylic acids is 1. The summed E-state index contributed by atoms with van der Waals surface area (Å²) in [6, 6.07) is 5.63. The molecule has 3 N–H and O–H groups in total. The Kier molecular flexibility index (Phi) is 8.44. The van der Waals surface area contributed by atoms with Crippen LogP contribution in [0, 0.1) is 5.92 Å². The number of nitrogens with one attached hydrogen (secondary N) is 3. The first-order valence-electron chi connectivity index (χ1n) is 10.1. The van der Waals surface area contributed by atoms with Gasteiger partial charge in [0.1, 0.15) is 0 Å². The fourth-order valence-electron chi connectivity index (χ4n) is 2.75. The van der Waals surface area contributed by atoms with Gasteiger partial charge in [0.15, 0.2) is 5.13 Å². The van der Waals surface area contributed by atoms with Gasteiger partial charge in [-0.15, -0.1) is 11.8 Å². The molecule has 0 spiro atoms. The van der Waals surface area contributed by atoms with Crippen molar-refractivity contribution in [3.05, 3.63) is 36.2 Å². The summed E-state index contributed by atoms with van der Waals surface area (Å²) in [5.41, 5.74) is 1.55. The van der Waals surface area contributed by atoms with Crippen molar-refractivity contribution in [3.8, 4) is 0 Å². The van der Waals surface area contributed by atoms with Crippen LogP contribution in [0.4, 0.5) is 11.1 Å². The molecule has 0 aliphatic heterocycles. The number of nitrogens with zero attached hydrogens (tertiary/aromatic N) is 4. The van der Waals surface area contributed by atoms with Crippen LogP contribution in [-0.4, -0.2) is 72.3 Å². The summed E-state index contributed by atoms with van der Waals surface area (Å²) in [4.78, 5) is 28.7. The van der Waals surface area contributed by atoms with Crippen LogP contribution in [0.3, 0.4) is 0 Å². The van der Waals surface area contributed by atoms with E-state index in [2.05, 4.69) is 37.8 Å². The van der Waals surface area contributed by atoms with E-state index in [0.29, 0.717) is 24.0 Å². The summed E-state index contributed by atoms with van der Waals surface area (Å²) >= 11 is 3.18. The van der Waals surface area contributed by atoms with E-state index < -0.39 is 0 Å². The molecule has 2 aromatic heterocycles. The lowest BCUT2D eigenvalue weighted by Gasteiger charge is -2.13. The van der Waals surface area contributed by atoms with E-state index in [0.717, 1.165) is 39.9 Å². The molecule has 0 unspecified atom stereocenters. The normalized spacial score (nSPS) is 12.2. The number of carbonyl (C=O) groups is 1. The molecule has 0 saturated heterocycles. The Morgan fingerprint density at radius 3 is 2.65 bits per heavy atom. The first-order valence-corrected chi connectivity index (χ1v) is 12.2. The van der Waals surface area contributed by atoms with E-state index in [1.165, 1.54) is 0 Å². The SMILES string of the molecule is CSc1cnc(NC[C@H](C)CNc2nc3ccc(C(=O)NCCN(C)C)cc3s2)nc1. The molecule has 3 rings (SSSR count). The monoisotopic (exact) mass is 459 g/mol. The molecule has 0 aliphatic rings. The topological polar surface area (TPSA) is 95.1 Å². The summed E-state index contributed by atoms with van der Waals surface area (Å²) in [5.74, 6) is 0.939. The van der Waals surface area contributed by atoms with Gasteiger partial charge in [-0.05, 0) is 44.5 Å². The lowest BCUT2D eigenvalue weighted by Crippen LogP contribution is -2.31. The fraction of sp³-hybridized carbons (Fsp3) is 0.429. The van der Waals surface area contributed by atoms with Crippen molar-refractivity contribution in [2.75, 3.05) is 57.2 Å². The molecule has 2 heterocycles. The molecule has 166 valence electrons. The summed E-state index contributed by atoms with van der Waals surface area (Å²) in [5, 5.41) is 10.5. The van der Waals surface area contributed by atoms with Crippen LogP contribution >= 0.6 is 23.1 Å². The Labute approximate surface area is 191 Å². The Balaban J connectivity index is 1.50. The van der Waals surface area contributed by atoms with Gasteiger partial charge in [-0.3, -0.25) is 4.79 Å². The van der Waals surface area contributed by atoms with Crippen LogP contribution in [-0.2, 0) is 0 Å². The van der Waals surface area contributed by atoms with E-state index in [-0.39, 0.29) is 5.91 Å². The minimum atomic E-state index is -0.0564. The zero-order valence-electron chi connectivity index (χ0n) is 18.3. The summed E-state index contributed by atoms with van der Waals surface area (Å²) in [7, 11) is 3.97. The van der Waals surface area contributed by atoms with Crippen molar-refractivity contribution in [2.24, 2.45) is 5.92 Å². The molecule has 0 radical (unpaired) electrons. The highest BCUT2D eigenvalue weighted by Gasteiger charge is 2.11. The zero-order chi connectivity index (χ0) is 22.2. The highest BCUT2D eigenvalue weighted by molar-refractivity contribution is 7.98. The molecule has 0 bridgehead atoms. The smallest absolute Gasteiger partial charge is 0.251 e. The lowest BCUT2D eigenvalue weighted by atomic mass is 10.2. The van der Waals surface area contributed by atoms with Crippen molar-refractivity contribution in [1.29, 1.82) is 0 Å². The van der Waals surface area contributed by atoms with Gasteiger partial charge in [-0.1, -0.05) is 18.3 Å². The molecule has 3 aromatic rings. The Bertz CT molecular complexity index is 991. The van der Waals surface area contributed by atoms with Crippen LogP contribution in [0.25, 0.3) is 10.2 Å². The third kappa shape index (κ3) is 7.05. The molecule has 1 aromatic carbocycles. The maximum absolute atomic E-state index is 12.3. The Hall–Kier alpha value is -2.43. The number of anilines is 2. The average molecular weight is 460 g/mol. The van der Waals surface area contributed by atoms with Gasteiger partial charge in [-0.2, -0.15) is 0 Å². The van der Waals surface area contributed by atoms with Crippen molar-refractivity contribution in [3.63, 3.8) is 0 Å². The van der Waals surface area contributed by atoms with Gasteiger partial charge >= 0.3 is 0 Å². The van der Waals surface area contributed by atoms with Crippen molar-refractivity contribution in [1.82, 2.24) is 25.2 Å². The molecule has 31 heavy (non-hydrogen) atoms. The fourth-order valence-corrected chi connectivity index (χ4v) is 3.98. The molecule has 0 saturated carbocycles. The zero-order valence-corrected chi connectivity index (χ0v) is 19.9.